The summed E-state index contributed by atoms with van der Waals surface area (Å²) in [5.41, 5.74) is 5.20. The van der Waals surface area contributed by atoms with E-state index in [2.05, 4.69) is 32.7 Å². The normalized spacial score (nSPS) is 13.5. The first kappa shape index (κ1) is 29.4. The highest BCUT2D eigenvalue weighted by molar-refractivity contribution is 5.94. The van der Waals surface area contributed by atoms with E-state index in [9.17, 15) is 9.90 Å². The number of carboxylic acid groups (broad SMARTS) is 1. The number of ether oxygens (including phenoxy) is 1. The van der Waals surface area contributed by atoms with Crippen molar-refractivity contribution >= 4 is 28.4 Å². The number of aromatic nitrogens is 3. The molecule has 3 N–H and O–H groups in total. The number of benzene rings is 1. The van der Waals surface area contributed by atoms with Crippen molar-refractivity contribution in [3.05, 3.63) is 77.9 Å². The molecular formula is C33H42N6O3. The number of aliphatic carboxylic acids is 1. The number of nitrogens with one attached hydrogen (secondary N) is 2. The van der Waals surface area contributed by atoms with E-state index in [-0.39, 0.29) is 0 Å². The van der Waals surface area contributed by atoms with Gasteiger partial charge in [-0.2, -0.15) is 0 Å². The minimum Gasteiger partial charge on any atom is -0.490 e. The van der Waals surface area contributed by atoms with Gasteiger partial charge in [-0.15, -0.1) is 0 Å². The van der Waals surface area contributed by atoms with Crippen molar-refractivity contribution in [1.29, 1.82) is 0 Å². The highest BCUT2D eigenvalue weighted by Crippen LogP contribution is 2.26. The number of hydrogen-bond donors (Lipinski definition) is 3. The molecule has 42 heavy (non-hydrogen) atoms. The molecule has 0 saturated heterocycles. The van der Waals surface area contributed by atoms with E-state index in [1.54, 1.807) is 6.20 Å². The number of nitrogens with zero attached hydrogens (tertiary/aromatic N) is 4. The zero-order valence-corrected chi connectivity index (χ0v) is 24.7. The topological polar surface area (TPSA) is 105 Å². The second-order valence-electron chi connectivity index (χ2n) is 11.1. The standard InChI is InChI=1S/C33H42N6O3/c1-24-31(13-8-17-34-24)42-22-21-39(19-6-5-10-26-15-14-25-9-7-18-35-32(25)36-26)20-16-28(33(40)41)37-29-23-38(2)30-12-4-3-11-27(29)30/h3-4,8,11-15,17,23,28,37H,5-7,9-10,16,18-22H2,1-2H3,(H,35,36)(H,40,41). The maximum Gasteiger partial charge on any atom is 0.326 e. The van der Waals surface area contributed by atoms with Gasteiger partial charge < -0.3 is 25.0 Å². The van der Waals surface area contributed by atoms with Crippen LogP contribution in [-0.4, -0.2) is 69.3 Å². The molecule has 1 atom stereocenters. The van der Waals surface area contributed by atoms with Gasteiger partial charge in [-0.05, 0) is 81.8 Å². The van der Waals surface area contributed by atoms with Crippen LogP contribution in [-0.2, 0) is 24.7 Å². The number of para-hydroxylation sites is 1. The van der Waals surface area contributed by atoms with Crippen LogP contribution in [0, 0.1) is 6.92 Å². The lowest BCUT2D eigenvalue weighted by molar-refractivity contribution is -0.138. The van der Waals surface area contributed by atoms with Crippen LogP contribution in [0.25, 0.3) is 10.9 Å². The average Bonchev–Trinajstić information content (AvgIpc) is 3.32. The summed E-state index contributed by atoms with van der Waals surface area (Å²) in [5.74, 6) is 0.976. The molecule has 0 aliphatic carbocycles. The number of fused-ring (bicyclic) bond motifs is 2. The maximum atomic E-state index is 12.3. The third-order valence-corrected chi connectivity index (χ3v) is 7.99. The van der Waals surface area contributed by atoms with Crippen LogP contribution >= 0.6 is 0 Å². The van der Waals surface area contributed by atoms with Gasteiger partial charge in [-0.1, -0.05) is 24.3 Å². The smallest absolute Gasteiger partial charge is 0.326 e. The fourth-order valence-electron chi connectivity index (χ4n) is 5.61. The Balaban J connectivity index is 1.18. The zero-order valence-electron chi connectivity index (χ0n) is 24.7. The van der Waals surface area contributed by atoms with Gasteiger partial charge in [0.25, 0.3) is 0 Å². The summed E-state index contributed by atoms with van der Waals surface area (Å²) in [6, 6.07) is 15.5. The second-order valence-corrected chi connectivity index (χ2v) is 11.1. The summed E-state index contributed by atoms with van der Waals surface area (Å²) < 4.78 is 8.06. The molecule has 0 bridgehead atoms. The predicted molar refractivity (Wildman–Crippen MR) is 167 cm³/mol. The van der Waals surface area contributed by atoms with E-state index in [4.69, 9.17) is 9.72 Å². The van der Waals surface area contributed by atoms with Gasteiger partial charge in [0.1, 0.15) is 24.2 Å². The highest BCUT2D eigenvalue weighted by atomic mass is 16.5. The molecule has 3 aromatic heterocycles. The third-order valence-electron chi connectivity index (χ3n) is 7.99. The zero-order chi connectivity index (χ0) is 29.3. The average molecular weight is 571 g/mol. The van der Waals surface area contributed by atoms with E-state index < -0.39 is 12.0 Å². The van der Waals surface area contributed by atoms with Crippen LogP contribution in [0.1, 0.15) is 42.6 Å². The molecule has 9 nitrogen and oxygen atoms in total. The summed E-state index contributed by atoms with van der Waals surface area (Å²) in [6.45, 7) is 5.65. The van der Waals surface area contributed by atoms with Crippen LogP contribution in [0.2, 0.25) is 0 Å². The van der Waals surface area contributed by atoms with Crippen LogP contribution < -0.4 is 15.4 Å². The molecular weight excluding hydrogens is 528 g/mol. The summed E-state index contributed by atoms with van der Waals surface area (Å²) in [6.07, 6.45) is 9.39. The van der Waals surface area contributed by atoms with Crippen molar-refractivity contribution < 1.29 is 14.6 Å². The predicted octanol–water partition coefficient (Wildman–Crippen LogP) is 5.29. The lowest BCUT2D eigenvalue weighted by Crippen LogP contribution is -2.37. The van der Waals surface area contributed by atoms with Gasteiger partial charge in [-0.3, -0.25) is 9.88 Å². The molecule has 1 unspecified atom stereocenters. The van der Waals surface area contributed by atoms with Gasteiger partial charge in [-0.25, -0.2) is 9.78 Å². The van der Waals surface area contributed by atoms with Crippen LogP contribution in [0.3, 0.4) is 0 Å². The van der Waals surface area contributed by atoms with Crippen LogP contribution in [0.5, 0.6) is 5.75 Å². The Labute approximate surface area is 247 Å². The number of carbonyl (C=O) groups is 1. The first-order valence-corrected chi connectivity index (χ1v) is 15.0. The van der Waals surface area contributed by atoms with Crippen molar-refractivity contribution in [2.45, 2.75) is 51.5 Å². The first-order chi connectivity index (χ1) is 20.5. The minimum atomic E-state index is -0.850. The lowest BCUT2D eigenvalue weighted by Gasteiger charge is -2.25. The summed E-state index contributed by atoms with van der Waals surface area (Å²) >= 11 is 0. The Kier molecular flexibility index (Phi) is 9.92. The number of hydrogen-bond acceptors (Lipinski definition) is 7. The van der Waals surface area contributed by atoms with Gasteiger partial charge >= 0.3 is 5.97 Å². The van der Waals surface area contributed by atoms with Crippen LogP contribution in [0.4, 0.5) is 11.5 Å². The van der Waals surface area contributed by atoms with E-state index in [1.165, 1.54) is 5.56 Å². The number of carboxylic acids is 1. The molecule has 1 aliphatic rings. The summed E-state index contributed by atoms with van der Waals surface area (Å²) in [4.78, 5) is 23.7. The SMILES string of the molecule is Cc1ncccc1OCCN(CCCCc1ccc2c(n1)NCCC2)CCC(Nc1cn(C)c2ccccc12)C(=O)O. The van der Waals surface area contributed by atoms with Crippen LogP contribution in [0.15, 0.2) is 60.9 Å². The first-order valence-electron chi connectivity index (χ1n) is 15.0. The second kappa shape index (κ2) is 14.2. The van der Waals surface area contributed by atoms with Crippen molar-refractivity contribution in [3.8, 4) is 5.75 Å². The maximum absolute atomic E-state index is 12.3. The molecule has 222 valence electrons. The molecule has 1 aromatic carbocycles. The third kappa shape index (κ3) is 7.59. The van der Waals surface area contributed by atoms with E-state index in [0.717, 1.165) is 84.7 Å². The molecule has 5 rings (SSSR count). The number of aryl methyl sites for hydroxylation is 4. The highest BCUT2D eigenvalue weighted by Gasteiger charge is 2.21. The largest absolute Gasteiger partial charge is 0.490 e. The Morgan fingerprint density at radius 2 is 2.02 bits per heavy atom. The Bertz CT molecular complexity index is 1490. The monoisotopic (exact) mass is 570 g/mol. The molecule has 4 heterocycles. The quantitative estimate of drug-likeness (QED) is 0.166. The molecule has 0 radical (unpaired) electrons. The van der Waals surface area contributed by atoms with Crippen molar-refractivity contribution in [3.63, 3.8) is 0 Å². The number of pyridine rings is 2. The van der Waals surface area contributed by atoms with Gasteiger partial charge in [0, 0.05) is 55.7 Å². The molecule has 4 aromatic rings. The van der Waals surface area contributed by atoms with Gasteiger partial charge in [0.05, 0.1) is 11.4 Å². The molecule has 0 fully saturated rings. The Hall–Kier alpha value is -4.11. The lowest BCUT2D eigenvalue weighted by atomic mass is 10.1. The summed E-state index contributed by atoms with van der Waals surface area (Å²) in [7, 11) is 1.98. The molecule has 0 spiro atoms. The molecule has 1 aliphatic heterocycles. The van der Waals surface area contributed by atoms with Gasteiger partial charge in [0.15, 0.2) is 0 Å². The van der Waals surface area contributed by atoms with E-state index in [0.29, 0.717) is 26.1 Å². The fourth-order valence-corrected chi connectivity index (χ4v) is 5.61. The molecule has 9 heteroatoms. The van der Waals surface area contributed by atoms with Crippen molar-refractivity contribution in [2.75, 3.05) is 43.4 Å². The van der Waals surface area contributed by atoms with Gasteiger partial charge in [0.2, 0.25) is 0 Å². The van der Waals surface area contributed by atoms with Crippen molar-refractivity contribution in [2.24, 2.45) is 7.05 Å². The molecule has 0 saturated carbocycles. The summed E-state index contributed by atoms with van der Waals surface area (Å²) in [5, 5.41) is 17.8. The Morgan fingerprint density at radius 3 is 2.88 bits per heavy atom. The number of unbranched alkanes of at least 4 members (excludes halogenated alkanes) is 1. The van der Waals surface area contributed by atoms with Crippen molar-refractivity contribution in [1.82, 2.24) is 19.4 Å². The van der Waals surface area contributed by atoms with E-state index >= 15 is 0 Å². The Morgan fingerprint density at radius 1 is 1.14 bits per heavy atom. The number of anilines is 2. The van der Waals surface area contributed by atoms with E-state index in [1.807, 2.05) is 61.1 Å². The number of rotatable bonds is 15. The fraction of sp³-hybridized carbons (Fsp3) is 0.424. The molecule has 0 amide bonds. The minimum absolute atomic E-state index is 0.475.